The summed E-state index contributed by atoms with van der Waals surface area (Å²) in [5, 5.41) is 0. The molecule has 0 amide bonds. The first kappa shape index (κ1) is 11.7. The van der Waals surface area contributed by atoms with Crippen LogP contribution < -0.4 is 4.74 Å². The molecule has 15 heavy (non-hydrogen) atoms. The lowest BCUT2D eigenvalue weighted by molar-refractivity contribution is 0.0990. The molecule has 0 aliphatic carbocycles. The summed E-state index contributed by atoms with van der Waals surface area (Å²) in [4.78, 5) is 11.3. The highest BCUT2D eigenvalue weighted by molar-refractivity contribution is 5.96. The molecule has 2 nitrogen and oxygen atoms in total. The summed E-state index contributed by atoms with van der Waals surface area (Å²) >= 11 is 0. The number of benzene rings is 1. The van der Waals surface area contributed by atoms with Crippen molar-refractivity contribution in [3.8, 4) is 5.75 Å². The molecule has 0 saturated carbocycles. The molecule has 0 radical (unpaired) electrons. The van der Waals surface area contributed by atoms with Crippen molar-refractivity contribution in [1.82, 2.24) is 0 Å². The third kappa shape index (κ3) is 3.35. The highest BCUT2D eigenvalue weighted by Crippen LogP contribution is 2.24. The maximum Gasteiger partial charge on any atom is 0.163 e. The van der Waals surface area contributed by atoms with Gasteiger partial charge in [-0.3, -0.25) is 4.79 Å². The Kier molecular flexibility index (Phi) is 3.12. The lowest BCUT2D eigenvalue weighted by Gasteiger charge is -2.22. The zero-order valence-corrected chi connectivity index (χ0v) is 9.43. The fourth-order valence-electron chi connectivity index (χ4n) is 1.20. The quantitative estimate of drug-likeness (QED) is 0.700. The first-order chi connectivity index (χ1) is 6.79. The predicted octanol–water partition coefficient (Wildman–Crippen LogP) is 3.21. The number of ketones is 1. The minimum Gasteiger partial charge on any atom is -0.487 e. The van der Waals surface area contributed by atoms with E-state index < -0.39 is 11.4 Å². The molecule has 0 atom stereocenters. The first-order valence-corrected chi connectivity index (χ1v) is 4.79. The number of ether oxygens (including phenoxy) is 1. The van der Waals surface area contributed by atoms with Gasteiger partial charge < -0.3 is 4.74 Å². The van der Waals surface area contributed by atoms with E-state index >= 15 is 0 Å². The predicted molar refractivity (Wildman–Crippen MR) is 56.8 cm³/mol. The largest absolute Gasteiger partial charge is 0.487 e. The molecule has 1 aromatic carbocycles. The van der Waals surface area contributed by atoms with Crippen molar-refractivity contribution in [2.24, 2.45) is 0 Å². The summed E-state index contributed by atoms with van der Waals surface area (Å²) in [5.74, 6) is -0.233. The Labute approximate surface area is 89.1 Å². The van der Waals surface area contributed by atoms with Crippen LogP contribution in [0.1, 0.15) is 38.1 Å². The van der Waals surface area contributed by atoms with Crippen LogP contribution in [-0.2, 0) is 0 Å². The molecular weight excluding hydrogens is 195 g/mol. The van der Waals surface area contributed by atoms with Crippen LogP contribution in [0.2, 0.25) is 0 Å². The normalized spacial score (nSPS) is 11.3. The van der Waals surface area contributed by atoms with E-state index in [2.05, 4.69) is 0 Å². The second kappa shape index (κ2) is 4.01. The maximum absolute atomic E-state index is 13.0. The monoisotopic (exact) mass is 210 g/mol. The number of Topliss-reactive ketones (excluding diaryl/α,β-unsaturated/α-hetero) is 1. The van der Waals surface area contributed by atoms with E-state index in [1.165, 1.54) is 25.1 Å². The molecule has 0 aliphatic rings. The van der Waals surface area contributed by atoms with Crippen LogP contribution in [0.15, 0.2) is 18.2 Å². The lowest BCUT2D eigenvalue weighted by atomic mass is 10.1. The molecular formula is C12H15FO2. The number of rotatable bonds is 2. The molecule has 0 aromatic heterocycles. The van der Waals surface area contributed by atoms with Gasteiger partial charge in [-0.2, -0.15) is 0 Å². The molecule has 82 valence electrons. The van der Waals surface area contributed by atoms with Crippen LogP contribution in [-0.4, -0.2) is 11.4 Å². The Morgan fingerprint density at radius 2 is 1.93 bits per heavy atom. The Balaban J connectivity index is 3.13. The van der Waals surface area contributed by atoms with Gasteiger partial charge in [0.15, 0.2) is 5.78 Å². The fourth-order valence-corrected chi connectivity index (χ4v) is 1.20. The van der Waals surface area contributed by atoms with E-state index in [-0.39, 0.29) is 5.78 Å². The van der Waals surface area contributed by atoms with Gasteiger partial charge in [-0.05, 0) is 39.8 Å². The van der Waals surface area contributed by atoms with Crippen LogP contribution >= 0.6 is 0 Å². The van der Waals surface area contributed by atoms with Gasteiger partial charge in [0.1, 0.15) is 17.2 Å². The summed E-state index contributed by atoms with van der Waals surface area (Å²) in [6.07, 6.45) is 0. The van der Waals surface area contributed by atoms with Crippen LogP contribution in [0, 0.1) is 5.82 Å². The highest BCUT2D eigenvalue weighted by atomic mass is 19.1. The molecule has 0 aliphatic heterocycles. The summed E-state index contributed by atoms with van der Waals surface area (Å²) in [6, 6.07) is 3.94. The van der Waals surface area contributed by atoms with Crippen LogP contribution in [0.3, 0.4) is 0 Å². The fraction of sp³-hybridized carbons (Fsp3) is 0.417. The smallest absolute Gasteiger partial charge is 0.163 e. The van der Waals surface area contributed by atoms with Gasteiger partial charge in [0.05, 0.1) is 5.56 Å². The Morgan fingerprint density at radius 3 is 2.40 bits per heavy atom. The van der Waals surface area contributed by atoms with Crippen molar-refractivity contribution < 1.29 is 13.9 Å². The van der Waals surface area contributed by atoms with Crippen LogP contribution in [0.5, 0.6) is 5.75 Å². The van der Waals surface area contributed by atoms with Gasteiger partial charge in [-0.25, -0.2) is 4.39 Å². The van der Waals surface area contributed by atoms with E-state index in [9.17, 15) is 9.18 Å². The standard InChI is InChI=1S/C12H15FO2/c1-8(14)10-6-5-9(13)7-11(10)15-12(2,3)4/h5-7H,1-4H3. The summed E-state index contributed by atoms with van der Waals surface area (Å²) in [5.41, 5.74) is -0.0378. The molecule has 0 spiro atoms. The highest BCUT2D eigenvalue weighted by Gasteiger charge is 2.17. The van der Waals surface area contributed by atoms with Crippen molar-refractivity contribution in [2.45, 2.75) is 33.3 Å². The van der Waals surface area contributed by atoms with Gasteiger partial charge in [0, 0.05) is 6.07 Å². The second-order valence-corrected chi connectivity index (χ2v) is 4.41. The van der Waals surface area contributed by atoms with Crippen molar-refractivity contribution in [1.29, 1.82) is 0 Å². The third-order valence-corrected chi connectivity index (χ3v) is 1.74. The zero-order chi connectivity index (χ0) is 11.6. The lowest BCUT2D eigenvalue weighted by Crippen LogP contribution is -2.24. The average Bonchev–Trinajstić information content (AvgIpc) is 1.99. The number of halogens is 1. The van der Waals surface area contributed by atoms with E-state index in [1.54, 1.807) is 0 Å². The molecule has 0 unspecified atom stereocenters. The van der Waals surface area contributed by atoms with Crippen LogP contribution in [0.25, 0.3) is 0 Å². The average molecular weight is 210 g/mol. The van der Waals surface area contributed by atoms with Gasteiger partial charge in [0.2, 0.25) is 0 Å². The Hall–Kier alpha value is -1.38. The Morgan fingerprint density at radius 1 is 1.33 bits per heavy atom. The van der Waals surface area contributed by atoms with Gasteiger partial charge >= 0.3 is 0 Å². The van der Waals surface area contributed by atoms with Crippen molar-refractivity contribution in [3.05, 3.63) is 29.6 Å². The first-order valence-electron chi connectivity index (χ1n) is 4.79. The third-order valence-electron chi connectivity index (χ3n) is 1.74. The van der Waals surface area contributed by atoms with Crippen LogP contribution in [0.4, 0.5) is 4.39 Å². The van der Waals surface area contributed by atoms with Crippen molar-refractivity contribution in [2.75, 3.05) is 0 Å². The van der Waals surface area contributed by atoms with E-state index in [4.69, 9.17) is 4.74 Å². The summed E-state index contributed by atoms with van der Waals surface area (Å²) in [6.45, 7) is 6.98. The number of hydrogen-bond acceptors (Lipinski definition) is 2. The second-order valence-electron chi connectivity index (χ2n) is 4.41. The molecule has 1 rings (SSSR count). The molecule has 3 heteroatoms. The van der Waals surface area contributed by atoms with E-state index in [1.807, 2.05) is 20.8 Å². The van der Waals surface area contributed by atoms with Crippen molar-refractivity contribution >= 4 is 5.78 Å². The minimum absolute atomic E-state index is 0.130. The summed E-state index contributed by atoms with van der Waals surface area (Å²) < 4.78 is 18.5. The van der Waals surface area contributed by atoms with Crippen molar-refractivity contribution in [3.63, 3.8) is 0 Å². The zero-order valence-electron chi connectivity index (χ0n) is 9.43. The molecule has 0 saturated heterocycles. The SMILES string of the molecule is CC(=O)c1ccc(F)cc1OC(C)(C)C. The summed E-state index contributed by atoms with van der Waals surface area (Å²) in [7, 11) is 0. The molecule has 0 fully saturated rings. The topological polar surface area (TPSA) is 26.3 Å². The maximum atomic E-state index is 13.0. The van der Waals surface area contributed by atoms with Gasteiger partial charge in [0.25, 0.3) is 0 Å². The van der Waals surface area contributed by atoms with Gasteiger partial charge in [-0.1, -0.05) is 0 Å². The number of hydrogen-bond donors (Lipinski definition) is 0. The van der Waals surface area contributed by atoms with E-state index in [0.717, 1.165) is 0 Å². The number of carbonyl (C=O) groups excluding carboxylic acids is 1. The molecule has 0 N–H and O–H groups in total. The van der Waals surface area contributed by atoms with Gasteiger partial charge in [-0.15, -0.1) is 0 Å². The molecule has 0 heterocycles. The Bertz CT molecular complexity index is 378. The van der Waals surface area contributed by atoms with E-state index in [0.29, 0.717) is 11.3 Å². The molecule has 1 aromatic rings. The molecule has 0 bridgehead atoms. The number of carbonyl (C=O) groups is 1. The minimum atomic E-state index is -0.446.